The molecule has 0 saturated carbocycles. The highest BCUT2D eigenvalue weighted by Crippen LogP contribution is 2.38. The van der Waals surface area contributed by atoms with E-state index in [-0.39, 0.29) is 18.1 Å². The number of aromatic nitrogens is 4. The molecule has 5 rings (SSSR count). The summed E-state index contributed by atoms with van der Waals surface area (Å²) in [7, 11) is 1.95. The van der Waals surface area contributed by atoms with Crippen LogP contribution in [-0.2, 0) is 16.6 Å². The highest BCUT2D eigenvalue weighted by atomic mass is 16.5. The fourth-order valence-electron chi connectivity index (χ4n) is 4.88. The third-order valence-electron chi connectivity index (χ3n) is 6.35. The number of likely N-dealkylation sites (tertiary alicyclic amines) is 1. The van der Waals surface area contributed by atoms with Crippen molar-refractivity contribution in [3.63, 3.8) is 0 Å². The molecule has 0 N–H and O–H groups in total. The first kappa shape index (κ1) is 18.5. The van der Waals surface area contributed by atoms with Gasteiger partial charge < -0.3 is 14.5 Å². The average molecular weight is 396 g/mol. The molecule has 2 aromatic rings. The third-order valence-corrected chi connectivity index (χ3v) is 6.35. The predicted octanol–water partition coefficient (Wildman–Crippen LogP) is 2.32. The van der Waals surface area contributed by atoms with Crippen molar-refractivity contribution < 1.29 is 9.53 Å². The lowest BCUT2D eigenvalue weighted by Gasteiger charge is -2.28. The molecule has 0 aromatic carbocycles. The molecule has 1 amide bonds. The first-order valence-corrected chi connectivity index (χ1v) is 10.7. The van der Waals surface area contributed by atoms with Crippen molar-refractivity contribution in [1.29, 1.82) is 0 Å². The summed E-state index contributed by atoms with van der Waals surface area (Å²) in [4.78, 5) is 26.7. The second-order valence-electron chi connectivity index (χ2n) is 8.19. The zero-order valence-corrected chi connectivity index (χ0v) is 17.0. The minimum atomic E-state index is -0.284. The van der Waals surface area contributed by atoms with Crippen LogP contribution in [0.3, 0.4) is 0 Å². The number of amides is 1. The van der Waals surface area contributed by atoms with Crippen LogP contribution in [0.5, 0.6) is 0 Å². The van der Waals surface area contributed by atoms with Gasteiger partial charge in [-0.1, -0.05) is 0 Å². The third kappa shape index (κ3) is 3.39. The van der Waals surface area contributed by atoms with E-state index in [1.807, 2.05) is 35.1 Å². The molecule has 8 nitrogen and oxygen atoms in total. The summed E-state index contributed by atoms with van der Waals surface area (Å²) < 4.78 is 7.57. The van der Waals surface area contributed by atoms with E-state index in [1.165, 1.54) is 12.8 Å². The highest BCUT2D eigenvalue weighted by Gasteiger charge is 2.38. The normalized spacial score (nSPS) is 24.6. The molecule has 3 aliphatic rings. The molecule has 0 spiro atoms. The van der Waals surface area contributed by atoms with Crippen LogP contribution in [0.4, 0.5) is 5.95 Å². The molecule has 5 heterocycles. The number of nitrogens with zero attached hydrogens (tertiary/aromatic N) is 6. The van der Waals surface area contributed by atoms with Gasteiger partial charge in [-0.2, -0.15) is 5.10 Å². The summed E-state index contributed by atoms with van der Waals surface area (Å²) in [6.45, 7) is 3.48. The SMILES string of the molecule is Cn1ncc(-c2ccnc(N3CCCC3)n2)c1[C@@H]1CCCN1C(=O)[C@@H]1CCCO1. The molecule has 0 aliphatic carbocycles. The maximum atomic E-state index is 13.1. The number of hydrogen-bond acceptors (Lipinski definition) is 6. The Kier molecular flexibility index (Phi) is 4.95. The van der Waals surface area contributed by atoms with Crippen LogP contribution in [0.15, 0.2) is 18.5 Å². The Bertz CT molecular complexity index is 885. The summed E-state index contributed by atoms with van der Waals surface area (Å²) in [5, 5.41) is 4.53. The molecular formula is C21H28N6O2. The van der Waals surface area contributed by atoms with Crippen LogP contribution in [-0.4, -0.2) is 62.9 Å². The maximum absolute atomic E-state index is 13.1. The smallest absolute Gasteiger partial charge is 0.252 e. The Morgan fingerprint density at radius 3 is 2.79 bits per heavy atom. The predicted molar refractivity (Wildman–Crippen MR) is 108 cm³/mol. The number of hydrogen-bond donors (Lipinski definition) is 0. The molecule has 0 bridgehead atoms. The quantitative estimate of drug-likeness (QED) is 0.789. The van der Waals surface area contributed by atoms with Crippen molar-refractivity contribution in [3.05, 3.63) is 24.2 Å². The van der Waals surface area contributed by atoms with Crippen molar-refractivity contribution in [1.82, 2.24) is 24.6 Å². The largest absolute Gasteiger partial charge is 0.368 e. The van der Waals surface area contributed by atoms with Gasteiger partial charge in [0.05, 0.1) is 23.6 Å². The van der Waals surface area contributed by atoms with E-state index in [0.717, 1.165) is 68.2 Å². The van der Waals surface area contributed by atoms with E-state index in [1.54, 1.807) is 0 Å². The molecule has 8 heteroatoms. The van der Waals surface area contributed by atoms with Crippen molar-refractivity contribution in [2.45, 2.75) is 50.7 Å². The lowest BCUT2D eigenvalue weighted by Crippen LogP contribution is -2.39. The number of anilines is 1. The van der Waals surface area contributed by atoms with Crippen molar-refractivity contribution >= 4 is 11.9 Å². The van der Waals surface area contributed by atoms with Crippen molar-refractivity contribution in [2.75, 3.05) is 31.1 Å². The zero-order chi connectivity index (χ0) is 19.8. The van der Waals surface area contributed by atoms with Crippen LogP contribution in [0, 0.1) is 0 Å². The van der Waals surface area contributed by atoms with E-state index in [0.29, 0.717) is 6.61 Å². The van der Waals surface area contributed by atoms with Crippen LogP contribution in [0.1, 0.15) is 50.3 Å². The Morgan fingerprint density at radius 1 is 1.14 bits per heavy atom. The van der Waals surface area contributed by atoms with Gasteiger partial charge in [0.2, 0.25) is 5.95 Å². The fraction of sp³-hybridized carbons (Fsp3) is 0.619. The van der Waals surface area contributed by atoms with E-state index in [9.17, 15) is 4.79 Å². The lowest BCUT2D eigenvalue weighted by molar-refractivity contribution is -0.142. The molecule has 29 heavy (non-hydrogen) atoms. The highest BCUT2D eigenvalue weighted by molar-refractivity contribution is 5.82. The van der Waals surface area contributed by atoms with E-state index < -0.39 is 0 Å². The van der Waals surface area contributed by atoms with Gasteiger partial charge in [0, 0.05) is 45.0 Å². The summed E-state index contributed by atoms with van der Waals surface area (Å²) in [6, 6.07) is 1.96. The Morgan fingerprint density at radius 2 is 2.00 bits per heavy atom. The molecular weight excluding hydrogens is 368 g/mol. The summed E-state index contributed by atoms with van der Waals surface area (Å²) in [5.41, 5.74) is 2.92. The van der Waals surface area contributed by atoms with Gasteiger partial charge in [0.25, 0.3) is 5.91 Å². The molecule has 3 aliphatic heterocycles. The molecule has 3 fully saturated rings. The molecule has 2 atom stereocenters. The molecule has 0 unspecified atom stereocenters. The second kappa shape index (κ2) is 7.74. The van der Waals surface area contributed by atoms with Gasteiger partial charge in [-0.25, -0.2) is 9.97 Å². The standard InChI is InChI=1S/C21H28N6O2/c1-25-19(17-6-4-12-27(17)20(28)18-7-5-13-29-18)15(14-23-25)16-8-9-22-21(24-16)26-10-2-3-11-26/h8-9,14,17-18H,2-7,10-13H2,1H3/t17-,18-/m0/s1. The van der Waals surface area contributed by atoms with Crippen LogP contribution >= 0.6 is 0 Å². The summed E-state index contributed by atoms with van der Waals surface area (Å²) in [5.74, 6) is 0.908. The number of rotatable bonds is 4. The van der Waals surface area contributed by atoms with Gasteiger partial charge in [0.1, 0.15) is 6.10 Å². The van der Waals surface area contributed by atoms with Crippen LogP contribution < -0.4 is 4.90 Å². The Hall–Kier alpha value is -2.48. The fourth-order valence-corrected chi connectivity index (χ4v) is 4.88. The van der Waals surface area contributed by atoms with Gasteiger partial charge in [-0.15, -0.1) is 0 Å². The number of carbonyl (C=O) groups is 1. The molecule has 154 valence electrons. The van der Waals surface area contributed by atoms with Gasteiger partial charge in [-0.3, -0.25) is 9.48 Å². The topological polar surface area (TPSA) is 76.4 Å². The maximum Gasteiger partial charge on any atom is 0.252 e. The van der Waals surface area contributed by atoms with Gasteiger partial charge in [-0.05, 0) is 44.6 Å². The van der Waals surface area contributed by atoms with Gasteiger partial charge in [0.15, 0.2) is 0 Å². The Labute approximate surface area is 170 Å². The monoisotopic (exact) mass is 396 g/mol. The minimum Gasteiger partial charge on any atom is -0.368 e. The Balaban J connectivity index is 1.47. The van der Waals surface area contributed by atoms with Crippen molar-refractivity contribution in [2.24, 2.45) is 7.05 Å². The first-order valence-electron chi connectivity index (χ1n) is 10.7. The lowest BCUT2D eigenvalue weighted by atomic mass is 10.0. The first-order chi connectivity index (χ1) is 14.2. The summed E-state index contributed by atoms with van der Waals surface area (Å²) in [6.07, 6.45) is 9.52. The molecule has 0 radical (unpaired) electrons. The number of aryl methyl sites for hydroxylation is 1. The van der Waals surface area contributed by atoms with E-state index >= 15 is 0 Å². The number of ether oxygens (including phenoxy) is 1. The van der Waals surface area contributed by atoms with Gasteiger partial charge >= 0.3 is 0 Å². The average Bonchev–Trinajstić information content (AvgIpc) is 3.55. The van der Waals surface area contributed by atoms with E-state index in [4.69, 9.17) is 9.72 Å². The van der Waals surface area contributed by atoms with Crippen molar-refractivity contribution in [3.8, 4) is 11.3 Å². The van der Waals surface area contributed by atoms with Crippen LogP contribution in [0.25, 0.3) is 11.3 Å². The van der Waals surface area contributed by atoms with E-state index in [2.05, 4.69) is 15.0 Å². The minimum absolute atomic E-state index is 0.0133. The molecule has 2 aromatic heterocycles. The summed E-state index contributed by atoms with van der Waals surface area (Å²) >= 11 is 0. The zero-order valence-electron chi connectivity index (χ0n) is 17.0. The van der Waals surface area contributed by atoms with Crippen LogP contribution in [0.2, 0.25) is 0 Å². The second-order valence-corrected chi connectivity index (χ2v) is 8.19. The number of carbonyl (C=O) groups excluding carboxylic acids is 1. The molecule has 3 saturated heterocycles.